The van der Waals surface area contributed by atoms with E-state index < -0.39 is 0 Å². The SMILES string of the molecule is C=C(C)C(=O)C(C)NC(C)(C)CCCCCCC. The maximum absolute atomic E-state index is 11.8. The molecule has 0 rings (SSSR count). The third-order valence-corrected chi connectivity index (χ3v) is 3.33. The molecule has 0 aromatic rings. The average Bonchev–Trinajstić information content (AvgIpc) is 2.26. The van der Waals surface area contributed by atoms with Gasteiger partial charge in [-0.15, -0.1) is 0 Å². The number of hydrogen-bond acceptors (Lipinski definition) is 2. The molecule has 0 spiro atoms. The van der Waals surface area contributed by atoms with Crippen LogP contribution >= 0.6 is 0 Å². The molecule has 0 saturated heterocycles. The van der Waals surface area contributed by atoms with Gasteiger partial charge in [0.2, 0.25) is 0 Å². The van der Waals surface area contributed by atoms with E-state index in [-0.39, 0.29) is 17.4 Å². The number of carbonyl (C=O) groups excluding carboxylic acids is 1. The molecule has 0 fully saturated rings. The highest BCUT2D eigenvalue weighted by molar-refractivity contribution is 5.98. The Hall–Kier alpha value is -0.630. The van der Waals surface area contributed by atoms with E-state index in [1.165, 1.54) is 32.1 Å². The van der Waals surface area contributed by atoms with E-state index in [1.54, 1.807) is 6.92 Å². The monoisotopic (exact) mass is 253 g/mol. The Morgan fingerprint density at radius 1 is 1.22 bits per heavy atom. The van der Waals surface area contributed by atoms with Crippen LogP contribution in [-0.2, 0) is 4.79 Å². The van der Waals surface area contributed by atoms with Gasteiger partial charge in [0.25, 0.3) is 0 Å². The first-order chi connectivity index (χ1) is 8.30. The fraction of sp³-hybridized carbons (Fsp3) is 0.812. The molecule has 0 radical (unpaired) electrons. The van der Waals surface area contributed by atoms with Crippen molar-refractivity contribution in [2.24, 2.45) is 0 Å². The summed E-state index contributed by atoms with van der Waals surface area (Å²) in [5.41, 5.74) is 0.658. The molecule has 0 amide bonds. The lowest BCUT2D eigenvalue weighted by Crippen LogP contribution is -2.48. The number of rotatable bonds is 10. The number of unbranched alkanes of at least 4 members (excludes halogenated alkanes) is 4. The van der Waals surface area contributed by atoms with Crippen LogP contribution in [0.1, 0.15) is 73.1 Å². The Labute approximate surface area is 113 Å². The quantitative estimate of drug-likeness (QED) is 0.466. The zero-order valence-electron chi connectivity index (χ0n) is 12.9. The Morgan fingerprint density at radius 3 is 2.28 bits per heavy atom. The van der Waals surface area contributed by atoms with Crippen molar-refractivity contribution in [1.29, 1.82) is 0 Å². The minimum Gasteiger partial charge on any atom is -0.302 e. The molecule has 2 nitrogen and oxygen atoms in total. The standard InChI is InChI=1S/C16H31NO/c1-7-8-9-10-11-12-16(5,6)17-14(4)15(18)13(2)3/h14,17H,2,7-12H2,1,3-6H3. The van der Waals surface area contributed by atoms with Crippen LogP contribution in [0.5, 0.6) is 0 Å². The third-order valence-electron chi connectivity index (χ3n) is 3.33. The zero-order chi connectivity index (χ0) is 14.2. The highest BCUT2D eigenvalue weighted by atomic mass is 16.1. The van der Waals surface area contributed by atoms with E-state index in [4.69, 9.17) is 0 Å². The Kier molecular flexibility index (Phi) is 8.17. The van der Waals surface area contributed by atoms with Gasteiger partial charge >= 0.3 is 0 Å². The topological polar surface area (TPSA) is 29.1 Å². The number of hydrogen-bond donors (Lipinski definition) is 1. The van der Waals surface area contributed by atoms with Crippen LogP contribution in [0.4, 0.5) is 0 Å². The van der Waals surface area contributed by atoms with Crippen molar-refractivity contribution in [2.75, 3.05) is 0 Å². The molecule has 0 aliphatic carbocycles. The summed E-state index contributed by atoms with van der Waals surface area (Å²) in [5.74, 6) is 0.119. The van der Waals surface area contributed by atoms with E-state index in [9.17, 15) is 4.79 Å². The average molecular weight is 253 g/mol. The highest BCUT2D eigenvalue weighted by Gasteiger charge is 2.23. The molecule has 1 unspecified atom stereocenters. The normalized spacial score (nSPS) is 13.4. The van der Waals surface area contributed by atoms with Gasteiger partial charge in [-0.2, -0.15) is 0 Å². The first-order valence-corrected chi connectivity index (χ1v) is 7.27. The molecule has 0 aromatic carbocycles. The lowest BCUT2D eigenvalue weighted by atomic mass is 9.94. The van der Waals surface area contributed by atoms with Crippen molar-refractivity contribution in [3.8, 4) is 0 Å². The zero-order valence-corrected chi connectivity index (χ0v) is 12.9. The minimum absolute atomic E-state index is 0.0245. The van der Waals surface area contributed by atoms with Crippen LogP contribution in [0.3, 0.4) is 0 Å². The maximum Gasteiger partial charge on any atom is 0.174 e. The minimum atomic E-state index is -0.131. The van der Waals surface area contributed by atoms with Crippen LogP contribution in [0.2, 0.25) is 0 Å². The first kappa shape index (κ1) is 17.4. The summed E-state index contributed by atoms with van der Waals surface area (Å²) in [4.78, 5) is 11.8. The summed E-state index contributed by atoms with van der Waals surface area (Å²) >= 11 is 0. The molecule has 0 aliphatic rings. The Morgan fingerprint density at radius 2 is 1.78 bits per heavy atom. The van der Waals surface area contributed by atoms with Crippen LogP contribution in [0, 0.1) is 0 Å². The lowest BCUT2D eigenvalue weighted by molar-refractivity contribution is -0.117. The summed E-state index contributed by atoms with van der Waals surface area (Å²) in [6, 6.07) is -0.131. The molecule has 0 bridgehead atoms. The second-order valence-corrected chi connectivity index (χ2v) is 6.06. The van der Waals surface area contributed by atoms with E-state index >= 15 is 0 Å². The second kappa shape index (κ2) is 8.47. The Bertz CT molecular complexity index is 268. The lowest BCUT2D eigenvalue weighted by Gasteiger charge is -2.30. The summed E-state index contributed by atoms with van der Waals surface area (Å²) in [6.07, 6.45) is 7.58. The van der Waals surface area contributed by atoms with Crippen molar-refractivity contribution in [2.45, 2.75) is 84.7 Å². The first-order valence-electron chi connectivity index (χ1n) is 7.27. The van der Waals surface area contributed by atoms with E-state index in [0.717, 1.165) is 6.42 Å². The van der Waals surface area contributed by atoms with Crippen LogP contribution in [-0.4, -0.2) is 17.4 Å². The predicted molar refractivity (Wildman–Crippen MR) is 79.9 cm³/mol. The molecule has 0 saturated carbocycles. The fourth-order valence-corrected chi connectivity index (χ4v) is 2.26. The van der Waals surface area contributed by atoms with Crippen molar-refractivity contribution in [3.05, 3.63) is 12.2 Å². The van der Waals surface area contributed by atoms with Gasteiger partial charge in [-0.3, -0.25) is 4.79 Å². The fourth-order valence-electron chi connectivity index (χ4n) is 2.26. The van der Waals surface area contributed by atoms with Crippen LogP contribution in [0.25, 0.3) is 0 Å². The van der Waals surface area contributed by atoms with Gasteiger partial charge in [0.1, 0.15) is 0 Å². The van der Waals surface area contributed by atoms with Gasteiger partial charge in [-0.05, 0) is 39.7 Å². The van der Waals surface area contributed by atoms with Gasteiger partial charge in [0.15, 0.2) is 5.78 Å². The molecular weight excluding hydrogens is 222 g/mol. The third kappa shape index (κ3) is 7.65. The van der Waals surface area contributed by atoms with Gasteiger partial charge < -0.3 is 5.32 Å². The summed E-state index contributed by atoms with van der Waals surface area (Å²) in [5, 5.41) is 3.42. The molecule has 0 aromatic heterocycles. The van der Waals surface area contributed by atoms with Crippen molar-refractivity contribution < 1.29 is 4.79 Å². The molecular formula is C16H31NO. The van der Waals surface area contributed by atoms with E-state index in [1.807, 2.05) is 6.92 Å². The second-order valence-electron chi connectivity index (χ2n) is 6.06. The van der Waals surface area contributed by atoms with Crippen molar-refractivity contribution in [3.63, 3.8) is 0 Å². The van der Waals surface area contributed by atoms with Gasteiger partial charge in [-0.25, -0.2) is 0 Å². The summed E-state index contributed by atoms with van der Waals surface area (Å²) < 4.78 is 0. The molecule has 0 aliphatic heterocycles. The molecule has 1 atom stereocenters. The van der Waals surface area contributed by atoms with E-state index in [0.29, 0.717) is 5.57 Å². The molecule has 106 valence electrons. The molecule has 1 N–H and O–H groups in total. The number of carbonyl (C=O) groups is 1. The highest BCUT2D eigenvalue weighted by Crippen LogP contribution is 2.16. The summed E-state index contributed by atoms with van der Waals surface area (Å²) in [6.45, 7) is 14.0. The Balaban J connectivity index is 3.98. The largest absolute Gasteiger partial charge is 0.302 e. The van der Waals surface area contributed by atoms with Crippen LogP contribution < -0.4 is 5.32 Å². The van der Waals surface area contributed by atoms with Crippen molar-refractivity contribution >= 4 is 5.78 Å². The molecule has 2 heteroatoms. The number of ketones is 1. The molecule has 18 heavy (non-hydrogen) atoms. The predicted octanol–water partition coefficient (Wildman–Crippen LogP) is 4.25. The summed E-state index contributed by atoms with van der Waals surface area (Å²) in [7, 11) is 0. The molecule has 0 heterocycles. The number of Topliss-reactive ketones (excluding diaryl/α,β-unsaturated/α-hetero) is 1. The van der Waals surface area contributed by atoms with Gasteiger partial charge in [-0.1, -0.05) is 45.6 Å². The van der Waals surface area contributed by atoms with Gasteiger partial charge in [0.05, 0.1) is 6.04 Å². The van der Waals surface area contributed by atoms with Gasteiger partial charge in [0, 0.05) is 5.54 Å². The van der Waals surface area contributed by atoms with E-state index in [2.05, 4.69) is 32.7 Å². The van der Waals surface area contributed by atoms with Crippen LogP contribution in [0.15, 0.2) is 12.2 Å². The smallest absolute Gasteiger partial charge is 0.174 e. The van der Waals surface area contributed by atoms with Crippen molar-refractivity contribution in [1.82, 2.24) is 5.32 Å². The number of nitrogens with one attached hydrogen (secondary N) is 1. The maximum atomic E-state index is 11.8.